The van der Waals surface area contributed by atoms with Crippen LogP contribution in [0.5, 0.6) is 0 Å². The van der Waals surface area contributed by atoms with Crippen molar-refractivity contribution in [1.82, 2.24) is 5.32 Å². The third-order valence-electron chi connectivity index (χ3n) is 7.42. The van der Waals surface area contributed by atoms with E-state index in [9.17, 15) is 40.9 Å². The maximum atomic E-state index is 10.7. The van der Waals surface area contributed by atoms with Crippen LogP contribution in [0.2, 0.25) is 0 Å². The van der Waals surface area contributed by atoms with E-state index in [1.807, 2.05) is 0 Å². The first-order valence-corrected chi connectivity index (χ1v) is 11.8. The van der Waals surface area contributed by atoms with E-state index in [2.05, 4.69) is 5.32 Å². The molecule has 4 aliphatic rings. The number of ether oxygens (including phenoxy) is 5. The Morgan fingerprint density at radius 3 is 2.22 bits per heavy atom. The average molecular weight is 528 g/mol. The summed E-state index contributed by atoms with van der Waals surface area (Å²) >= 11 is 0. The number of aliphatic hydroxyl groups excluding tert-OH is 8. The highest BCUT2D eigenvalue weighted by atomic mass is 16.9. The summed E-state index contributed by atoms with van der Waals surface area (Å²) in [7, 11) is 1.60. The molecule has 3 aliphatic heterocycles. The molecule has 0 bridgehead atoms. The Bertz CT molecular complexity index is 756. The van der Waals surface area contributed by atoms with E-state index in [4.69, 9.17) is 35.2 Å². The Kier molecular flexibility index (Phi) is 8.55. The van der Waals surface area contributed by atoms with Gasteiger partial charge in [-0.1, -0.05) is 0 Å². The molecule has 16 atom stereocenters. The van der Waals surface area contributed by atoms with Gasteiger partial charge in [-0.25, -0.2) is 0 Å². The molecule has 4 fully saturated rings. The molecule has 1 spiro atoms. The number of likely N-dealkylation sites (N-methyl/N-ethyl adjacent to an activating group) is 1. The molecular weight excluding hydrogens is 490 g/mol. The molecule has 16 heteroatoms. The maximum Gasteiger partial charge on any atom is 0.314 e. The van der Waals surface area contributed by atoms with Crippen molar-refractivity contribution in [1.29, 1.82) is 0 Å². The first-order chi connectivity index (χ1) is 17.0. The molecule has 0 aromatic rings. The van der Waals surface area contributed by atoms with Gasteiger partial charge in [0.2, 0.25) is 0 Å². The fourth-order valence-corrected chi connectivity index (χ4v) is 5.23. The summed E-state index contributed by atoms with van der Waals surface area (Å²) < 4.78 is 28.7. The van der Waals surface area contributed by atoms with Crippen LogP contribution < -0.4 is 16.8 Å². The highest BCUT2D eigenvalue weighted by molar-refractivity contribution is 5.05. The molecule has 0 amide bonds. The molecule has 1 saturated carbocycles. The third kappa shape index (κ3) is 4.68. The second kappa shape index (κ2) is 10.9. The van der Waals surface area contributed by atoms with Crippen molar-refractivity contribution in [3.8, 4) is 0 Å². The lowest BCUT2D eigenvalue weighted by molar-refractivity contribution is -0.439. The van der Waals surface area contributed by atoms with Gasteiger partial charge >= 0.3 is 5.97 Å². The van der Waals surface area contributed by atoms with Crippen molar-refractivity contribution >= 4 is 0 Å². The van der Waals surface area contributed by atoms with Crippen LogP contribution in [-0.2, 0) is 23.7 Å². The van der Waals surface area contributed by atoms with Gasteiger partial charge in [0.05, 0.1) is 31.5 Å². The van der Waals surface area contributed by atoms with Gasteiger partial charge in [0.15, 0.2) is 12.4 Å². The van der Waals surface area contributed by atoms with Crippen LogP contribution in [-0.4, -0.2) is 159 Å². The molecule has 0 aromatic heterocycles. The Balaban J connectivity index is 1.62. The summed E-state index contributed by atoms with van der Waals surface area (Å²) in [6, 6.07) is -2.50. The van der Waals surface area contributed by atoms with Crippen molar-refractivity contribution < 1.29 is 64.5 Å². The fraction of sp³-hybridized carbons (Fsp3) is 1.00. The van der Waals surface area contributed by atoms with Crippen molar-refractivity contribution in [2.75, 3.05) is 20.3 Å². The normalized spacial score (nSPS) is 54.4. The van der Waals surface area contributed by atoms with E-state index in [1.54, 1.807) is 7.05 Å². The Morgan fingerprint density at radius 2 is 1.61 bits per heavy atom. The van der Waals surface area contributed by atoms with Gasteiger partial charge in [0.25, 0.3) is 0 Å². The lowest BCUT2D eigenvalue weighted by Crippen LogP contribution is -2.69. The molecule has 3 saturated heterocycles. The van der Waals surface area contributed by atoms with Gasteiger partial charge in [-0.3, -0.25) is 0 Å². The average Bonchev–Trinajstić information content (AvgIpc) is 3.27. The van der Waals surface area contributed by atoms with Crippen LogP contribution >= 0.6 is 0 Å². The predicted molar refractivity (Wildman–Crippen MR) is 115 cm³/mol. The lowest BCUT2D eigenvalue weighted by Gasteiger charge is -2.46. The molecule has 4 rings (SSSR count). The zero-order valence-electron chi connectivity index (χ0n) is 19.6. The van der Waals surface area contributed by atoms with Gasteiger partial charge in [-0.15, -0.1) is 0 Å². The molecule has 1 aliphatic carbocycles. The summed E-state index contributed by atoms with van der Waals surface area (Å²) in [6.07, 6.45) is -17.7. The SMILES string of the molecule is CN[C@H]1C[C@@H](N)[C@H](O)[C@@H](O[C@@H]2O[C@H](CO)[C@H](O)[C@@H]3O[C@]4(O[C@H]23)O[C@H]([C@@H](N)CO)[C@H](O)[C@H](O)[C@H]4O)[C@@H]1O. The zero-order valence-corrected chi connectivity index (χ0v) is 19.6. The molecule has 16 nitrogen and oxygen atoms in total. The van der Waals surface area contributed by atoms with Crippen molar-refractivity contribution in [3.05, 3.63) is 0 Å². The van der Waals surface area contributed by atoms with Crippen LogP contribution in [0.1, 0.15) is 6.42 Å². The van der Waals surface area contributed by atoms with Gasteiger partial charge in [0, 0.05) is 12.1 Å². The molecule has 0 aromatic carbocycles. The molecule has 0 unspecified atom stereocenters. The minimum Gasteiger partial charge on any atom is -0.395 e. The second-order valence-electron chi connectivity index (χ2n) is 9.72. The van der Waals surface area contributed by atoms with Crippen molar-refractivity contribution in [2.24, 2.45) is 11.5 Å². The number of fused-ring (bicyclic) bond motifs is 1. The topological polar surface area (TPSA) is 272 Å². The largest absolute Gasteiger partial charge is 0.395 e. The molecule has 210 valence electrons. The summed E-state index contributed by atoms with van der Waals surface area (Å²) in [5.74, 6) is -2.48. The summed E-state index contributed by atoms with van der Waals surface area (Å²) in [5.41, 5.74) is 11.8. The van der Waals surface area contributed by atoms with Crippen molar-refractivity contribution in [2.45, 2.75) is 104 Å². The van der Waals surface area contributed by atoms with Gasteiger partial charge in [-0.05, 0) is 13.5 Å². The summed E-state index contributed by atoms with van der Waals surface area (Å²) in [4.78, 5) is 0. The summed E-state index contributed by atoms with van der Waals surface area (Å²) in [6.45, 7) is -1.33. The minimum atomic E-state index is -2.48. The Labute approximate surface area is 206 Å². The highest BCUT2D eigenvalue weighted by Gasteiger charge is 2.67. The number of nitrogens with two attached hydrogens (primary N) is 2. The van der Waals surface area contributed by atoms with E-state index >= 15 is 0 Å². The van der Waals surface area contributed by atoms with E-state index in [-0.39, 0.29) is 6.42 Å². The number of hydrogen-bond acceptors (Lipinski definition) is 16. The van der Waals surface area contributed by atoms with Crippen LogP contribution in [0.3, 0.4) is 0 Å². The fourth-order valence-electron chi connectivity index (χ4n) is 5.23. The van der Waals surface area contributed by atoms with Crippen molar-refractivity contribution in [3.63, 3.8) is 0 Å². The van der Waals surface area contributed by atoms with Gasteiger partial charge in [0.1, 0.15) is 48.8 Å². The highest BCUT2D eigenvalue weighted by Crippen LogP contribution is 2.45. The summed E-state index contributed by atoms with van der Waals surface area (Å²) in [5, 5.41) is 85.6. The predicted octanol–water partition coefficient (Wildman–Crippen LogP) is -7.27. The first-order valence-electron chi connectivity index (χ1n) is 11.8. The smallest absolute Gasteiger partial charge is 0.314 e. The number of nitrogens with one attached hydrogen (secondary N) is 1. The zero-order chi connectivity index (χ0) is 26.5. The maximum absolute atomic E-state index is 10.7. The van der Waals surface area contributed by atoms with E-state index < -0.39 is 111 Å². The lowest BCUT2D eigenvalue weighted by atomic mass is 9.84. The second-order valence-corrected chi connectivity index (χ2v) is 9.72. The Hall–Kier alpha value is -0.640. The number of rotatable bonds is 6. The first kappa shape index (κ1) is 28.4. The number of hydrogen-bond donors (Lipinski definition) is 11. The van der Waals surface area contributed by atoms with Crippen LogP contribution in [0.4, 0.5) is 0 Å². The molecule has 3 heterocycles. The Morgan fingerprint density at radius 1 is 0.944 bits per heavy atom. The van der Waals surface area contributed by atoms with Crippen LogP contribution in [0, 0.1) is 0 Å². The molecule has 13 N–H and O–H groups in total. The minimum absolute atomic E-state index is 0.254. The van der Waals surface area contributed by atoms with Gasteiger partial charge in [-0.2, -0.15) is 0 Å². The standard InChI is InChI=1S/C20H37N3O13/c1-23-7-2-5(21)9(26)15(10(7)27)33-19-17-16(11(28)8(4-25)32-19)35-20(36-17)18(31)13(30)12(29)14(34-20)6(22)3-24/h5-19,23-31H,2-4,21-22H2,1H3/t5-,6+,7+,8-,9+,10-,11+,12-,13+,14-,15-,16+,17+,18-,19+,20-/m1/s1. The van der Waals surface area contributed by atoms with E-state index in [0.29, 0.717) is 0 Å². The van der Waals surface area contributed by atoms with E-state index in [0.717, 1.165) is 0 Å². The molecule has 0 radical (unpaired) electrons. The monoisotopic (exact) mass is 527 g/mol. The van der Waals surface area contributed by atoms with Crippen LogP contribution in [0.15, 0.2) is 0 Å². The molecular formula is C20H37N3O13. The van der Waals surface area contributed by atoms with E-state index in [1.165, 1.54) is 0 Å². The number of aliphatic hydroxyl groups is 8. The molecule has 36 heavy (non-hydrogen) atoms. The van der Waals surface area contributed by atoms with Crippen LogP contribution in [0.25, 0.3) is 0 Å². The third-order valence-corrected chi connectivity index (χ3v) is 7.42. The quantitative estimate of drug-likeness (QED) is 0.153. The van der Waals surface area contributed by atoms with Gasteiger partial charge < -0.3 is 81.3 Å².